The number of hydrogen-bond donors (Lipinski definition) is 0. The normalized spacial score (nSPS) is 10.8. The Kier molecular flexibility index (Phi) is 3.69. The van der Waals surface area contributed by atoms with Gasteiger partial charge in [0.2, 0.25) is 0 Å². The van der Waals surface area contributed by atoms with Crippen LogP contribution in [0.5, 0.6) is 5.75 Å². The molecule has 1 heterocycles. The predicted molar refractivity (Wildman–Crippen MR) is 74.7 cm³/mol. The number of aryl methyl sites for hydroxylation is 1. The molecule has 100 valence electrons. The first-order valence-electron chi connectivity index (χ1n) is 6.24. The highest BCUT2D eigenvalue weighted by Gasteiger charge is 2.15. The monoisotopic (exact) mass is 258 g/mol. The Morgan fingerprint density at radius 3 is 2.68 bits per heavy atom. The lowest BCUT2D eigenvalue weighted by Crippen LogP contribution is -1.99. The molecule has 0 amide bonds. The molecule has 0 aliphatic rings. The minimum Gasteiger partial charge on any atom is -0.496 e. The standard InChI is InChI=1S/C15H18N2O2/c1-10(2)11-5-6-13(14(7-11)19-4)15-12(9-18)8-16-17(15)3/h5-10H,1-4H3. The molecule has 0 bridgehead atoms. The molecular weight excluding hydrogens is 240 g/mol. The van der Waals surface area contributed by atoms with E-state index in [-0.39, 0.29) is 0 Å². The number of carbonyl (C=O) groups is 1. The van der Waals surface area contributed by atoms with E-state index in [9.17, 15) is 4.79 Å². The molecular formula is C15H18N2O2. The van der Waals surface area contributed by atoms with Crippen LogP contribution in [0, 0.1) is 0 Å². The number of methoxy groups -OCH3 is 1. The van der Waals surface area contributed by atoms with Gasteiger partial charge in [-0.1, -0.05) is 19.9 Å². The number of carbonyl (C=O) groups excluding carboxylic acids is 1. The van der Waals surface area contributed by atoms with Crippen molar-refractivity contribution in [1.82, 2.24) is 9.78 Å². The minimum absolute atomic E-state index is 0.431. The zero-order valence-electron chi connectivity index (χ0n) is 11.7. The maximum Gasteiger partial charge on any atom is 0.153 e. The first-order valence-corrected chi connectivity index (χ1v) is 6.24. The van der Waals surface area contributed by atoms with E-state index < -0.39 is 0 Å². The van der Waals surface area contributed by atoms with Gasteiger partial charge < -0.3 is 4.74 Å². The van der Waals surface area contributed by atoms with Gasteiger partial charge in [-0.15, -0.1) is 0 Å². The number of aldehydes is 1. The Bertz CT molecular complexity index is 600. The third-order valence-corrected chi connectivity index (χ3v) is 3.24. The van der Waals surface area contributed by atoms with E-state index >= 15 is 0 Å². The van der Waals surface area contributed by atoms with Gasteiger partial charge in [-0.25, -0.2) is 0 Å². The maximum absolute atomic E-state index is 11.1. The van der Waals surface area contributed by atoms with Gasteiger partial charge in [0.15, 0.2) is 6.29 Å². The van der Waals surface area contributed by atoms with E-state index in [1.807, 2.05) is 19.2 Å². The largest absolute Gasteiger partial charge is 0.496 e. The van der Waals surface area contributed by atoms with Gasteiger partial charge in [-0.05, 0) is 23.6 Å². The van der Waals surface area contributed by atoms with Gasteiger partial charge in [0.25, 0.3) is 0 Å². The van der Waals surface area contributed by atoms with Crippen molar-refractivity contribution in [3.63, 3.8) is 0 Å². The SMILES string of the molecule is COc1cc(C(C)C)ccc1-c1c(C=O)cnn1C. The van der Waals surface area contributed by atoms with E-state index in [0.29, 0.717) is 11.5 Å². The Morgan fingerprint density at radius 2 is 2.11 bits per heavy atom. The Balaban J connectivity index is 2.62. The molecule has 0 spiro atoms. The lowest BCUT2D eigenvalue weighted by molar-refractivity contribution is 0.112. The van der Waals surface area contributed by atoms with Crippen LogP contribution in [0.3, 0.4) is 0 Å². The predicted octanol–water partition coefficient (Wildman–Crippen LogP) is 3.03. The van der Waals surface area contributed by atoms with E-state index in [0.717, 1.165) is 23.3 Å². The van der Waals surface area contributed by atoms with Crippen molar-refractivity contribution in [2.24, 2.45) is 7.05 Å². The molecule has 0 N–H and O–H groups in total. The summed E-state index contributed by atoms with van der Waals surface area (Å²) in [6, 6.07) is 6.06. The maximum atomic E-state index is 11.1. The average molecular weight is 258 g/mol. The second kappa shape index (κ2) is 5.26. The summed E-state index contributed by atoms with van der Waals surface area (Å²) in [6.07, 6.45) is 2.39. The lowest BCUT2D eigenvalue weighted by atomic mass is 9.99. The highest BCUT2D eigenvalue weighted by Crippen LogP contribution is 2.33. The summed E-state index contributed by atoms with van der Waals surface area (Å²) >= 11 is 0. The van der Waals surface area contributed by atoms with Gasteiger partial charge in [0.05, 0.1) is 24.6 Å². The smallest absolute Gasteiger partial charge is 0.153 e. The van der Waals surface area contributed by atoms with Gasteiger partial charge in [0, 0.05) is 12.6 Å². The number of rotatable bonds is 4. The van der Waals surface area contributed by atoms with Crippen LogP contribution >= 0.6 is 0 Å². The molecule has 0 unspecified atom stereocenters. The highest BCUT2D eigenvalue weighted by molar-refractivity contribution is 5.87. The second-order valence-electron chi connectivity index (χ2n) is 4.80. The van der Waals surface area contributed by atoms with E-state index in [1.165, 1.54) is 5.56 Å². The van der Waals surface area contributed by atoms with Gasteiger partial charge in [0.1, 0.15) is 5.75 Å². The van der Waals surface area contributed by atoms with Gasteiger partial charge in [-0.2, -0.15) is 5.10 Å². The summed E-state index contributed by atoms with van der Waals surface area (Å²) < 4.78 is 7.15. The molecule has 2 rings (SSSR count). The van der Waals surface area contributed by atoms with E-state index in [4.69, 9.17) is 4.74 Å². The van der Waals surface area contributed by atoms with Gasteiger partial charge >= 0.3 is 0 Å². The van der Waals surface area contributed by atoms with E-state index in [1.54, 1.807) is 18.0 Å². The summed E-state index contributed by atoms with van der Waals surface area (Å²) in [6.45, 7) is 4.27. The molecule has 4 nitrogen and oxygen atoms in total. The molecule has 0 saturated carbocycles. The fraction of sp³-hybridized carbons (Fsp3) is 0.333. The Hall–Kier alpha value is -2.10. The fourth-order valence-corrected chi connectivity index (χ4v) is 2.13. The van der Waals surface area contributed by atoms with Gasteiger partial charge in [-0.3, -0.25) is 9.48 Å². The van der Waals surface area contributed by atoms with Crippen molar-refractivity contribution in [1.29, 1.82) is 0 Å². The number of nitrogens with zero attached hydrogens (tertiary/aromatic N) is 2. The molecule has 0 aliphatic heterocycles. The molecule has 1 aromatic carbocycles. The number of benzene rings is 1. The van der Waals surface area contributed by atoms with Crippen LogP contribution < -0.4 is 4.74 Å². The fourth-order valence-electron chi connectivity index (χ4n) is 2.13. The summed E-state index contributed by atoms with van der Waals surface area (Å²) in [5.41, 5.74) is 3.43. The Labute approximate surface area is 113 Å². The van der Waals surface area contributed by atoms with Crippen LogP contribution in [-0.2, 0) is 7.05 Å². The molecule has 0 aliphatic carbocycles. The molecule has 19 heavy (non-hydrogen) atoms. The van der Waals surface area contributed by atoms with Crippen molar-refractivity contribution in [3.8, 4) is 17.0 Å². The van der Waals surface area contributed by atoms with Crippen molar-refractivity contribution in [2.75, 3.05) is 7.11 Å². The van der Waals surface area contributed by atoms with Crippen molar-refractivity contribution >= 4 is 6.29 Å². The van der Waals surface area contributed by atoms with E-state index in [2.05, 4.69) is 25.0 Å². The second-order valence-corrected chi connectivity index (χ2v) is 4.80. The molecule has 1 aromatic heterocycles. The molecule has 4 heteroatoms. The number of ether oxygens (including phenoxy) is 1. The van der Waals surface area contributed by atoms with Crippen LogP contribution in [0.2, 0.25) is 0 Å². The number of aromatic nitrogens is 2. The average Bonchev–Trinajstić information content (AvgIpc) is 2.78. The highest BCUT2D eigenvalue weighted by atomic mass is 16.5. The topological polar surface area (TPSA) is 44.1 Å². The summed E-state index contributed by atoms with van der Waals surface area (Å²) in [5.74, 6) is 1.19. The molecule has 0 saturated heterocycles. The van der Waals surface area contributed by atoms with Crippen LogP contribution in [0.25, 0.3) is 11.3 Å². The van der Waals surface area contributed by atoms with Crippen molar-refractivity contribution in [3.05, 3.63) is 35.5 Å². The van der Waals surface area contributed by atoms with Crippen molar-refractivity contribution < 1.29 is 9.53 Å². The zero-order valence-corrected chi connectivity index (χ0v) is 11.7. The third-order valence-electron chi connectivity index (χ3n) is 3.24. The quantitative estimate of drug-likeness (QED) is 0.792. The third kappa shape index (κ3) is 2.38. The molecule has 0 fully saturated rings. The number of hydrogen-bond acceptors (Lipinski definition) is 3. The zero-order chi connectivity index (χ0) is 14.0. The summed E-state index contributed by atoms with van der Waals surface area (Å²) in [5, 5.41) is 4.13. The molecule has 0 atom stereocenters. The first kappa shape index (κ1) is 13.3. The Morgan fingerprint density at radius 1 is 1.37 bits per heavy atom. The summed E-state index contributed by atoms with van der Waals surface area (Å²) in [4.78, 5) is 11.1. The molecule has 2 aromatic rings. The van der Waals surface area contributed by atoms with Crippen LogP contribution in [0.15, 0.2) is 24.4 Å². The minimum atomic E-state index is 0.431. The molecule has 0 radical (unpaired) electrons. The van der Waals surface area contributed by atoms with Crippen LogP contribution in [-0.4, -0.2) is 23.2 Å². The first-order chi connectivity index (χ1) is 9.08. The lowest BCUT2D eigenvalue weighted by Gasteiger charge is -2.13. The van der Waals surface area contributed by atoms with Crippen LogP contribution in [0.4, 0.5) is 0 Å². The summed E-state index contributed by atoms with van der Waals surface area (Å²) in [7, 11) is 3.46. The van der Waals surface area contributed by atoms with Crippen LogP contribution in [0.1, 0.15) is 35.7 Å². The van der Waals surface area contributed by atoms with Crippen molar-refractivity contribution in [2.45, 2.75) is 19.8 Å².